The molecule has 0 bridgehead atoms. The Kier molecular flexibility index (Phi) is 4.86. The third-order valence-corrected chi connectivity index (χ3v) is 4.56. The van der Waals surface area contributed by atoms with Crippen LogP contribution in [0.1, 0.15) is 10.4 Å². The molecule has 128 valence electrons. The second-order valence-corrected chi connectivity index (χ2v) is 6.79. The van der Waals surface area contributed by atoms with Crippen molar-refractivity contribution in [1.29, 1.82) is 0 Å². The van der Waals surface area contributed by atoms with Crippen molar-refractivity contribution in [3.63, 3.8) is 0 Å². The van der Waals surface area contributed by atoms with Crippen molar-refractivity contribution in [3.05, 3.63) is 52.8 Å². The zero-order chi connectivity index (χ0) is 18.1. The summed E-state index contributed by atoms with van der Waals surface area (Å²) in [7, 11) is -5.76. The minimum absolute atomic E-state index is 0.0586. The predicted molar refractivity (Wildman–Crippen MR) is 76.6 cm³/mol. The van der Waals surface area contributed by atoms with Crippen LogP contribution in [0.3, 0.4) is 0 Å². The molecular formula is C14H7ClF4O4S. The number of hydrogen-bond donors (Lipinski definition) is 0. The Morgan fingerprint density at radius 3 is 2.33 bits per heavy atom. The maximum atomic E-state index is 13.3. The maximum absolute atomic E-state index is 13.3. The molecule has 0 aromatic heterocycles. The summed E-state index contributed by atoms with van der Waals surface area (Å²) in [5, 5.41) is -0.0586. The number of sulfone groups is 1. The van der Waals surface area contributed by atoms with Gasteiger partial charge < -0.3 is 4.74 Å². The molecule has 0 amide bonds. The van der Waals surface area contributed by atoms with Gasteiger partial charge in [0, 0.05) is 11.1 Å². The molecule has 0 atom stereocenters. The van der Waals surface area contributed by atoms with Crippen LogP contribution in [0.25, 0.3) is 0 Å². The van der Waals surface area contributed by atoms with E-state index in [2.05, 4.69) is 0 Å². The van der Waals surface area contributed by atoms with Crippen molar-refractivity contribution >= 4 is 27.7 Å². The smallest absolute Gasteiger partial charge is 0.456 e. The van der Waals surface area contributed by atoms with Crippen molar-refractivity contribution in [2.45, 2.75) is 10.4 Å². The van der Waals surface area contributed by atoms with E-state index in [1.165, 1.54) is 0 Å². The Bertz CT molecular complexity index is 874. The minimum Gasteiger partial charge on any atom is -0.456 e. The van der Waals surface area contributed by atoms with Gasteiger partial charge in [-0.15, -0.1) is 0 Å². The van der Waals surface area contributed by atoms with Gasteiger partial charge in [0.1, 0.15) is 17.3 Å². The first kappa shape index (κ1) is 18.2. The van der Waals surface area contributed by atoms with Crippen LogP contribution < -0.4 is 4.74 Å². The van der Waals surface area contributed by atoms with E-state index in [4.69, 9.17) is 16.3 Å². The second kappa shape index (κ2) is 6.40. The fourth-order valence-electron chi connectivity index (χ4n) is 1.80. The Hall–Kier alpha value is -2.13. The number of hydrogen-bond acceptors (Lipinski definition) is 4. The molecule has 2 aromatic carbocycles. The lowest BCUT2D eigenvalue weighted by molar-refractivity contribution is -0.0436. The van der Waals surface area contributed by atoms with Gasteiger partial charge in [-0.1, -0.05) is 17.7 Å². The van der Waals surface area contributed by atoms with E-state index in [1.54, 1.807) is 0 Å². The number of carbonyl (C=O) groups is 1. The average molecular weight is 383 g/mol. The summed E-state index contributed by atoms with van der Waals surface area (Å²) in [5.74, 6) is -1.49. The quantitative estimate of drug-likeness (QED) is 0.581. The largest absolute Gasteiger partial charge is 0.501 e. The Balaban J connectivity index is 2.58. The van der Waals surface area contributed by atoms with Crippen LogP contribution in [-0.2, 0) is 9.84 Å². The van der Waals surface area contributed by atoms with E-state index >= 15 is 0 Å². The van der Waals surface area contributed by atoms with Crippen molar-refractivity contribution in [2.75, 3.05) is 0 Å². The Labute approximate surface area is 138 Å². The molecule has 0 fully saturated rings. The second-order valence-electron chi connectivity index (χ2n) is 4.44. The molecule has 0 aliphatic carbocycles. The van der Waals surface area contributed by atoms with E-state index in [0.29, 0.717) is 6.07 Å². The topological polar surface area (TPSA) is 60.4 Å². The predicted octanol–water partition coefficient (Wildman–Crippen LogP) is 4.38. The number of carbonyl (C=O) groups excluding carboxylic acids is 1. The third-order valence-electron chi connectivity index (χ3n) is 2.80. The van der Waals surface area contributed by atoms with Crippen LogP contribution in [0.15, 0.2) is 41.3 Å². The van der Waals surface area contributed by atoms with Crippen molar-refractivity contribution in [3.8, 4) is 11.5 Å². The first-order valence-electron chi connectivity index (χ1n) is 6.10. The molecule has 4 nitrogen and oxygen atoms in total. The van der Waals surface area contributed by atoms with Gasteiger partial charge in [-0.25, -0.2) is 12.8 Å². The molecule has 2 aromatic rings. The minimum atomic E-state index is -5.76. The molecule has 0 saturated heterocycles. The van der Waals surface area contributed by atoms with Gasteiger partial charge in [0.15, 0.2) is 6.29 Å². The Morgan fingerprint density at radius 2 is 1.79 bits per heavy atom. The van der Waals surface area contributed by atoms with Crippen LogP contribution in [0, 0.1) is 5.82 Å². The maximum Gasteiger partial charge on any atom is 0.501 e. The van der Waals surface area contributed by atoms with Gasteiger partial charge in [-0.3, -0.25) is 4.79 Å². The summed E-state index contributed by atoms with van der Waals surface area (Å²) in [6.07, 6.45) is -0.0884. The molecule has 0 saturated carbocycles. The summed E-state index contributed by atoms with van der Waals surface area (Å²) in [4.78, 5) is 9.87. The van der Waals surface area contributed by atoms with E-state index < -0.39 is 37.4 Å². The highest BCUT2D eigenvalue weighted by molar-refractivity contribution is 7.92. The number of alkyl halides is 3. The highest BCUT2D eigenvalue weighted by Crippen LogP contribution is 2.36. The van der Waals surface area contributed by atoms with Crippen LogP contribution >= 0.6 is 11.6 Å². The fraction of sp³-hybridized carbons (Fsp3) is 0.0714. The van der Waals surface area contributed by atoms with Gasteiger partial charge in [-0.05, 0) is 24.3 Å². The van der Waals surface area contributed by atoms with Crippen molar-refractivity contribution in [2.24, 2.45) is 0 Å². The van der Waals surface area contributed by atoms with E-state index in [9.17, 15) is 30.8 Å². The van der Waals surface area contributed by atoms with Gasteiger partial charge in [0.25, 0.3) is 9.84 Å². The lowest BCUT2D eigenvalue weighted by Gasteiger charge is -2.13. The molecule has 0 unspecified atom stereocenters. The summed E-state index contributed by atoms with van der Waals surface area (Å²) < 4.78 is 79.5. The molecule has 0 radical (unpaired) electrons. The molecule has 2 rings (SSSR count). The van der Waals surface area contributed by atoms with E-state index in [0.717, 1.165) is 30.3 Å². The third kappa shape index (κ3) is 3.51. The zero-order valence-corrected chi connectivity index (χ0v) is 13.0. The summed E-state index contributed by atoms with van der Waals surface area (Å²) in [5.41, 5.74) is -6.43. The van der Waals surface area contributed by atoms with Gasteiger partial charge in [0.05, 0.1) is 10.5 Å². The molecule has 10 heteroatoms. The van der Waals surface area contributed by atoms with Crippen LogP contribution in [-0.4, -0.2) is 20.2 Å². The molecule has 0 aliphatic heterocycles. The normalized spacial score (nSPS) is 12.0. The lowest BCUT2D eigenvalue weighted by Crippen LogP contribution is -2.24. The highest BCUT2D eigenvalue weighted by atomic mass is 35.5. The number of halogens is 5. The number of rotatable bonds is 4. The van der Waals surface area contributed by atoms with Crippen LogP contribution in [0.5, 0.6) is 11.5 Å². The van der Waals surface area contributed by atoms with Gasteiger partial charge in [-0.2, -0.15) is 13.2 Å². The van der Waals surface area contributed by atoms with Crippen LogP contribution in [0.2, 0.25) is 5.02 Å². The molecule has 0 aliphatic rings. The first-order valence-corrected chi connectivity index (χ1v) is 7.96. The zero-order valence-electron chi connectivity index (χ0n) is 11.5. The fourth-order valence-corrected chi connectivity index (χ4v) is 2.96. The number of benzene rings is 2. The van der Waals surface area contributed by atoms with E-state index in [1.807, 2.05) is 0 Å². The molecule has 0 heterocycles. The van der Waals surface area contributed by atoms with Gasteiger partial charge >= 0.3 is 5.51 Å². The lowest BCUT2D eigenvalue weighted by atomic mass is 10.2. The Morgan fingerprint density at radius 1 is 1.12 bits per heavy atom. The molecule has 24 heavy (non-hydrogen) atoms. The van der Waals surface area contributed by atoms with Crippen molar-refractivity contribution in [1.82, 2.24) is 0 Å². The summed E-state index contributed by atoms with van der Waals surface area (Å²) in [6, 6.07) is 5.62. The standard InChI is InChI=1S/C14H7ClF4O4S/c15-8-4-9(16)6-10(5-8)23-12-2-1-3-13(11(12)7-20)24(21,22)14(17,18)19/h1-7H. The first-order chi connectivity index (χ1) is 11.1. The SMILES string of the molecule is O=Cc1c(Oc2cc(F)cc(Cl)c2)cccc1S(=O)(=O)C(F)(F)F. The molecular weight excluding hydrogens is 376 g/mol. The van der Waals surface area contributed by atoms with Crippen molar-refractivity contribution < 1.29 is 35.5 Å². The molecule has 0 N–H and O–H groups in total. The average Bonchev–Trinajstić information content (AvgIpc) is 2.44. The highest BCUT2D eigenvalue weighted by Gasteiger charge is 2.48. The number of aldehydes is 1. The van der Waals surface area contributed by atoms with Gasteiger partial charge in [0.2, 0.25) is 0 Å². The summed E-state index contributed by atoms with van der Waals surface area (Å²) >= 11 is 5.62. The number of ether oxygens (including phenoxy) is 1. The molecule has 0 spiro atoms. The monoisotopic (exact) mass is 382 g/mol. The van der Waals surface area contributed by atoms with Crippen LogP contribution in [0.4, 0.5) is 17.6 Å². The summed E-state index contributed by atoms with van der Waals surface area (Å²) in [6.45, 7) is 0. The van der Waals surface area contributed by atoms with E-state index in [-0.39, 0.29) is 17.1 Å².